The lowest BCUT2D eigenvalue weighted by molar-refractivity contribution is -0.270. The average molecular weight is 273 g/mol. The molecule has 0 aliphatic rings. The highest BCUT2D eigenvalue weighted by Gasteiger charge is 2.60. The molecule has 0 aromatic carbocycles. The maximum atomic E-state index is 14.0. The van der Waals surface area contributed by atoms with Crippen LogP contribution in [0.4, 0.5) is 17.6 Å². The fourth-order valence-electron chi connectivity index (χ4n) is 1.71. The fraction of sp³-hybridized carbons (Fsp3) is 0.333. The normalized spacial score (nSPS) is 12.7. The van der Waals surface area contributed by atoms with Crippen LogP contribution in [0.25, 0.3) is 0 Å². The summed E-state index contributed by atoms with van der Waals surface area (Å²) in [6.07, 6.45) is 3.09. The molecular weight excluding hydrogens is 262 g/mol. The van der Waals surface area contributed by atoms with Crippen LogP contribution >= 0.6 is 0 Å². The van der Waals surface area contributed by atoms with Crippen molar-refractivity contribution in [1.82, 2.24) is 14.5 Å². The van der Waals surface area contributed by atoms with Crippen molar-refractivity contribution in [3.05, 3.63) is 48.3 Å². The van der Waals surface area contributed by atoms with Gasteiger partial charge in [-0.3, -0.25) is 9.55 Å². The highest BCUT2D eigenvalue weighted by molar-refractivity contribution is 5.14. The van der Waals surface area contributed by atoms with Gasteiger partial charge < -0.3 is 0 Å². The zero-order chi connectivity index (χ0) is 14.1. The molecule has 0 radical (unpaired) electrons. The first kappa shape index (κ1) is 13.5. The number of imidazole rings is 1. The van der Waals surface area contributed by atoms with E-state index in [1.54, 1.807) is 6.92 Å². The van der Waals surface area contributed by atoms with E-state index < -0.39 is 17.7 Å². The number of aromatic nitrogens is 3. The summed E-state index contributed by atoms with van der Waals surface area (Å²) in [6.45, 7) is 1.56. The Labute approximate surface area is 106 Å². The van der Waals surface area contributed by atoms with Crippen molar-refractivity contribution >= 4 is 0 Å². The molecule has 0 aliphatic carbocycles. The molecule has 7 heteroatoms. The number of halogens is 4. The van der Waals surface area contributed by atoms with Gasteiger partial charge >= 0.3 is 12.0 Å². The molecule has 0 fully saturated rings. The van der Waals surface area contributed by atoms with Crippen molar-refractivity contribution in [2.24, 2.45) is 0 Å². The van der Waals surface area contributed by atoms with Crippen molar-refractivity contribution in [3.63, 3.8) is 0 Å². The summed E-state index contributed by atoms with van der Waals surface area (Å²) in [5, 5.41) is 0. The second-order valence-corrected chi connectivity index (χ2v) is 3.90. The van der Waals surface area contributed by atoms with Crippen LogP contribution in [-0.2, 0) is 18.4 Å². The van der Waals surface area contributed by atoms with Crippen molar-refractivity contribution in [2.75, 3.05) is 0 Å². The molecule has 2 rings (SSSR count). The first-order chi connectivity index (χ1) is 8.91. The van der Waals surface area contributed by atoms with Gasteiger partial charge in [0.25, 0.3) is 0 Å². The molecule has 0 saturated carbocycles. The third kappa shape index (κ3) is 2.09. The summed E-state index contributed by atoms with van der Waals surface area (Å²) in [4.78, 5) is 6.96. The van der Waals surface area contributed by atoms with E-state index in [4.69, 9.17) is 0 Å². The van der Waals surface area contributed by atoms with Gasteiger partial charge in [0.1, 0.15) is 11.5 Å². The van der Waals surface area contributed by atoms with Gasteiger partial charge in [0.05, 0.1) is 0 Å². The Kier molecular flexibility index (Phi) is 3.30. The quantitative estimate of drug-likeness (QED) is 0.801. The summed E-state index contributed by atoms with van der Waals surface area (Å²) in [6, 6.07) is -0.937. The van der Waals surface area contributed by atoms with E-state index in [-0.39, 0.29) is 16.8 Å². The highest BCUT2D eigenvalue weighted by Crippen LogP contribution is 2.45. The molecule has 0 aliphatic heterocycles. The van der Waals surface area contributed by atoms with Gasteiger partial charge in [0.2, 0.25) is 0 Å². The predicted molar refractivity (Wildman–Crippen MR) is 59.9 cm³/mol. The molecule has 102 valence electrons. The molecule has 0 bridgehead atoms. The first-order valence-corrected chi connectivity index (χ1v) is 5.61. The fourth-order valence-corrected chi connectivity index (χ4v) is 1.71. The molecule has 0 spiro atoms. The molecule has 2 aromatic rings. The lowest BCUT2D eigenvalue weighted by Gasteiger charge is -2.27. The molecular formula is C12H11F4N3. The Bertz CT molecular complexity index is 551. The number of aryl methyl sites for hydroxylation is 1. The summed E-state index contributed by atoms with van der Waals surface area (Å²) in [5.74, 6) is -4.53. The zero-order valence-electron chi connectivity index (χ0n) is 10.0. The van der Waals surface area contributed by atoms with Crippen LogP contribution in [0.1, 0.15) is 18.4 Å². The van der Waals surface area contributed by atoms with E-state index in [1.807, 2.05) is 0 Å². The Morgan fingerprint density at radius 2 is 1.84 bits per heavy atom. The minimum atomic E-state index is -4.43. The van der Waals surface area contributed by atoms with Crippen molar-refractivity contribution in [2.45, 2.75) is 25.3 Å². The van der Waals surface area contributed by atoms with E-state index in [2.05, 4.69) is 9.97 Å². The maximum Gasteiger partial charge on any atom is 0.399 e. The van der Waals surface area contributed by atoms with Gasteiger partial charge in [-0.25, -0.2) is 4.98 Å². The molecule has 2 heterocycles. The number of hydrogen-bond acceptors (Lipinski definition) is 2. The minimum Gasteiger partial charge on any atom is -0.269 e. The predicted octanol–water partition coefficient (Wildman–Crippen LogP) is 3.18. The lowest BCUT2D eigenvalue weighted by Crippen LogP contribution is -2.42. The van der Waals surface area contributed by atoms with Crippen LogP contribution in [-0.4, -0.2) is 14.5 Å². The van der Waals surface area contributed by atoms with E-state index in [1.165, 1.54) is 12.1 Å². The summed E-state index contributed by atoms with van der Waals surface area (Å²) in [7, 11) is 0. The largest absolute Gasteiger partial charge is 0.399 e. The second-order valence-electron chi connectivity index (χ2n) is 3.90. The van der Waals surface area contributed by atoms with Crippen LogP contribution in [0.15, 0.2) is 36.8 Å². The molecule has 0 amide bonds. The monoisotopic (exact) mass is 273 g/mol. The molecule has 19 heavy (non-hydrogen) atoms. The van der Waals surface area contributed by atoms with Crippen LogP contribution in [0.3, 0.4) is 0 Å². The molecule has 0 unspecified atom stereocenters. The summed E-state index contributed by atoms with van der Waals surface area (Å²) < 4.78 is 56.2. The number of pyridine rings is 1. The SMILES string of the molecule is CCc1nccn1C(F)(F)C(F)(F)c1ccccn1. The van der Waals surface area contributed by atoms with Crippen molar-refractivity contribution in [3.8, 4) is 0 Å². The van der Waals surface area contributed by atoms with Crippen molar-refractivity contribution < 1.29 is 17.6 Å². The summed E-state index contributed by atoms with van der Waals surface area (Å²) in [5.41, 5.74) is -0.976. The second kappa shape index (κ2) is 4.64. The maximum absolute atomic E-state index is 14.0. The Balaban J connectivity index is 2.49. The Hall–Kier alpha value is -1.92. The van der Waals surface area contributed by atoms with E-state index >= 15 is 0 Å². The van der Waals surface area contributed by atoms with Crippen LogP contribution in [0.5, 0.6) is 0 Å². The van der Waals surface area contributed by atoms with Crippen LogP contribution in [0, 0.1) is 0 Å². The first-order valence-electron chi connectivity index (χ1n) is 5.61. The van der Waals surface area contributed by atoms with E-state index in [0.29, 0.717) is 0 Å². The Morgan fingerprint density at radius 1 is 1.11 bits per heavy atom. The van der Waals surface area contributed by atoms with Gasteiger partial charge in [-0.2, -0.15) is 17.6 Å². The smallest absolute Gasteiger partial charge is 0.269 e. The van der Waals surface area contributed by atoms with Gasteiger partial charge in [-0.15, -0.1) is 0 Å². The third-order valence-corrected chi connectivity index (χ3v) is 2.70. The van der Waals surface area contributed by atoms with Gasteiger partial charge in [-0.05, 0) is 12.1 Å². The summed E-state index contributed by atoms with van der Waals surface area (Å²) >= 11 is 0. The third-order valence-electron chi connectivity index (χ3n) is 2.70. The number of nitrogens with zero attached hydrogens (tertiary/aromatic N) is 3. The number of alkyl halides is 4. The number of hydrogen-bond donors (Lipinski definition) is 0. The highest BCUT2D eigenvalue weighted by atomic mass is 19.3. The van der Waals surface area contributed by atoms with Gasteiger partial charge in [0, 0.05) is 25.0 Å². The average Bonchev–Trinajstić information content (AvgIpc) is 2.88. The minimum absolute atomic E-state index is 0.111. The van der Waals surface area contributed by atoms with Crippen LogP contribution < -0.4 is 0 Å². The standard InChI is InChI=1S/C12H11F4N3/c1-2-10-18-7-8-19(10)12(15,16)11(13,14)9-5-3-4-6-17-9/h3-8H,2H2,1H3. The topological polar surface area (TPSA) is 30.7 Å². The molecule has 0 N–H and O–H groups in total. The molecule has 0 saturated heterocycles. The van der Waals surface area contributed by atoms with Crippen LogP contribution in [0.2, 0.25) is 0 Å². The molecule has 0 atom stereocenters. The molecule has 3 nitrogen and oxygen atoms in total. The van der Waals surface area contributed by atoms with E-state index in [0.717, 1.165) is 24.7 Å². The molecule has 2 aromatic heterocycles. The zero-order valence-corrected chi connectivity index (χ0v) is 10.0. The van der Waals surface area contributed by atoms with Gasteiger partial charge in [-0.1, -0.05) is 13.0 Å². The number of rotatable bonds is 4. The lowest BCUT2D eigenvalue weighted by atomic mass is 10.1. The van der Waals surface area contributed by atoms with Crippen molar-refractivity contribution in [1.29, 1.82) is 0 Å². The van der Waals surface area contributed by atoms with Gasteiger partial charge in [0.15, 0.2) is 0 Å². The Morgan fingerprint density at radius 3 is 2.42 bits per heavy atom. The van der Waals surface area contributed by atoms with E-state index in [9.17, 15) is 17.6 Å².